The van der Waals surface area contributed by atoms with Crippen LogP contribution in [-0.2, 0) is 0 Å². The molecule has 1 amide bonds. The van der Waals surface area contributed by atoms with Gasteiger partial charge >= 0.3 is 5.69 Å². The van der Waals surface area contributed by atoms with Crippen LogP contribution in [0.3, 0.4) is 0 Å². The molecule has 0 saturated carbocycles. The van der Waals surface area contributed by atoms with Gasteiger partial charge in [0.15, 0.2) is 23.0 Å². The number of aliphatic imine (C=N–C) groups is 1. The molecule has 0 aromatic heterocycles. The SMILES string of the molecule is CCC(CCOc1cc2c(cc1OC)C(=O)N1CCC[C@H]1C=N2)Oc1cccc(Oc2cc(OC)c(OC)c(OC)c2)c1[N+](=O)[O-]. The van der Waals surface area contributed by atoms with Crippen molar-refractivity contribution >= 4 is 23.5 Å². The van der Waals surface area contributed by atoms with E-state index in [9.17, 15) is 14.9 Å². The van der Waals surface area contributed by atoms with Gasteiger partial charge in [-0.25, -0.2) is 0 Å². The Morgan fingerprint density at radius 1 is 0.957 bits per heavy atom. The van der Waals surface area contributed by atoms with Crippen molar-refractivity contribution in [2.24, 2.45) is 4.99 Å². The number of nitro groups is 1. The fourth-order valence-corrected chi connectivity index (χ4v) is 5.55. The van der Waals surface area contributed by atoms with Crippen molar-refractivity contribution in [1.82, 2.24) is 4.90 Å². The zero-order valence-electron chi connectivity index (χ0n) is 26.4. The number of benzene rings is 3. The summed E-state index contributed by atoms with van der Waals surface area (Å²) in [5, 5.41) is 12.2. The maximum atomic E-state index is 13.2. The van der Waals surface area contributed by atoms with Gasteiger partial charge in [0.2, 0.25) is 17.2 Å². The lowest BCUT2D eigenvalue weighted by Crippen LogP contribution is -2.35. The summed E-state index contributed by atoms with van der Waals surface area (Å²) >= 11 is 0. The second-order valence-electron chi connectivity index (χ2n) is 10.6. The Kier molecular flexibility index (Phi) is 9.99. The Labute approximate surface area is 266 Å². The second kappa shape index (κ2) is 14.3. The van der Waals surface area contributed by atoms with Gasteiger partial charge < -0.3 is 38.1 Å². The zero-order valence-corrected chi connectivity index (χ0v) is 26.4. The topological polar surface area (TPSA) is 140 Å². The highest BCUT2D eigenvalue weighted by atomic mass is 16.6. The lowest BCUT2D eigenvalue weighted by molar-refractivity contribution is -0.386. The third-order valence-electron chi connectivity index (χ3n) is 7.92. The summed E-state index contributed by atoms with van der Waals surface area (Å²) in [7, 11) is 5.92. The monoisotopic (exact) mass is 635 g/mol. The van der Waals surface area contributed by atoms with E-state index in [0.717, 1.165) is 12.8 Å². The summed E-state index contributed by atoms with van der Waals surface area (Å²) in [6.07, 6.45) is 4.19. The average molecular weight is 636 g/mol. The summed E-state index contributed by atoms with van der Waals surface area (Å²) < 4.78 is 39.8. The van der Waals surface area contributed by atoms with E-state index in [2.05, 4.69) is 4.99 Å². The molecule has 5 rings (SSSR count). The van der Waals surface area contributed by atoms with Gasteiger partial charge in [0.25, 0.3) is 5.91 Å². The number of ether oxygens (including phenoxy) is 7. The van der Waals surface area contributed by atoms with Gasteiger partial charge in [-0.2, -0.15) is 0 Å². The van der Waals surface area contributed by atoms with Crippen LogP contribution < -0.4 is 33.2 Å². The molecular formula is C33H37N3O10. The van der Waals surface area contributed by atoms with Gasteiger partial charge in [0.1, 0.15) is 11.9 Å². The van der Waals surface area contributed by atoms with Crippen molar-refractivity contribution in [2.45, 2.75) is 44.8 Å². The Morgan fingerprint density at radius 3 is 2.33 bits per heavy atom. The normalized spacial score (nSPS) is 15.7. The van der Waals surface area contributed by atoms with Crippen molar-refractivity contribution in [3.8, 4) is 46.0 Å². The summed E-state index contributed by atoms with van der Waals surface area (Å²) in [5.74, 6) is 2.10. The molecule has 3 aromatic rings. The van der Waals surface area contributed by atoms with Crippen LogP contribution in [-0.4, -0.2) is 75.7 Å². The number of nitrogens with zero attached hydrogens (tertiary/aromatic N) is 3. The number of fused-ring (bicyclic) bond motifs is 2. The molecule has 244 valence electrons. The fraction of sp³-hybridized carbons (Fsp3) is 0.394. The van der Waals surface area contributed by atoms with Gasteiger partial charge in [0, 0.05) is 37.4 Å². The molecule has 0 bridgehead atoms. The highest BCUT2D eigenvalue weighted by Crippen LogP contribution is 2.45. The molecule has 46 heavy (non-hydrogen) atoms. The van der Waals surface area contributed by atoms with Crippen LogP contribution in [0.25, 0.3) is 0 Å². The number of nitro benzene ring substituents is 1. The summed E-state index contributed by atoms with van der Waals surface area (Å²) in [4.78, 5) is 31.3. The molecule has 2 heterocycles. The first-order chi connectivity index (χ1) is 22.3. The van der Waals surface area contributed by atoms with Gasteiger partial charge in [-0.05, 0) is 37.5 Å². The van der Waals surface area contributed by atoms with E-state index in [0.29, 0.717) is 59.4 Å². The van der Waals surface area contributed by atoms with Gasteiger partial charge in [-0.3, -0.25) is 19.9 Å². The molecule has 0 aliphatic carbocycles. The Bertz CT molecular complexity index is 1600. The number of para-hydroxylation sites is 1. The Hall–Kier alpha value is -5.20. The molecule has 13 heteroatoms. The summed E-state index contributed by atoms with van der Waals surface area (Å²) in [6.45, 7) is 2.84. The van der Waals surface area contributed by atoms with Crippen LogP contribution in [0.1, 0.15) is 43.0 Å². The molecule has 1 saturated heterocycles. The van der Waals surface area contributed by atoms with Crippen molar-refractivity contribution in [1.29, 1.82) is 0 Å². The zero-order chi connectivity index (χ0) is 32.8. The molecule has 13 nitrogen and oxygen atoms in total. The van der Waals surface area contributed by atoms with Crippen LogP contribution >= 0.6 is 0 Å². The van der Waals surface area contributed by atoms with Crippen LogP contribution in [0.5, 0.6) is 46.0 Å². The van der Waals surface area contributed by atoms with E-state index in [1.807, 2.05) is 18.0 Å². The van der Waals surface area contributed by atoms with Gasteiger partial charge in [0.05, 0.1) is 57.3 Å². The van der Waals surface area contributed by atoms with E-state index in [4.69, 9.17) is 33.2 Å². The predicted octanol–water partition coefficient (Wildman–Crippen LogP) is 6.37. The summed E-state index contributed by atoms with van der Waals surface area (Å²) in [5.41, 5.74) is 0.671. The number of carbonyl (C=O) groups excluding carboxylic acids is 1. The maximum Gasteiger partial charge on any atom is 0.352 e. The molecule has 1 fully saturated rings. The standard InChI is InChI=1S/C33H37N3O10/c1-6-21(12-14-44-28-18-24-23(17-27(28)40-2)33(37)35-13-8-9-20(35)19-34-24)45-25-10-7-11-26(31(25)36(38)39)46-22-15-29(41-3)32(43-5)30(16-22)42-4/h7,10-11,15-21H,6,8-9,12-14H2,1-5H3/t20-,21?/m0/s1. The van der Waals surface area contributed by atoms with E-state index in [1.54, 1.807) is 30.3 Å². The summed E-state index contributed by atoms with van der Waals surface area (Å²) in [6, 6.07) is 11.1. The molecule has 0 N–H and O–H groups in total. The van der Waals surface area contributed by atoms with Crippen molar-refractivity contribution < 1.29 is 42.9 Å². The van der Waals surface area contributed by atoms with E-state index in [-0.39, 0.29) is 41.5 Å². The van der Waals surface area contributed by atoms with E-state index < -0.39 is 11.0 Å². The molecule has 0 radical (unpaired) electrons. The quantitative estimate of drug-likeness (QED) is 0.145. The van der Waals surface area contributed by atoms with Gasteiger partial charge in [-0.15, -0.1) is 0 Å². The molecule has 2 atom stereocenters. The Morgan fingerprint density at radius 2 is 1.67 bits per heavy atom. The molecule has 1 unspecified atom stereocenters. The molecule has 2 aliphatic rings. The van der Waals surface area contributed by atoms with Crippen LogP contribution in [0.15, 0.2) is 47.5 Å². The molecular weight excluding hydrogens is 598 g/mol. The lowest BCUT2D eigenvalue weighted by Gasteiger charge is -2.21. The fourth-order valence-electron chi connectivity index (χ4n) is 5.55. The minimum atomic E-state index is -0.543. The minimum absolute atomic E-state index is 0.00690. The Balaban J connectivity index is 1.31. The number of rotatable bonds is 14. The molecule has 2 aliphatic heterocycles. The van der Waals surface area contributed by atoms with Gasteiger partial charge in [-0.1, -0.05) is 13.0 Å². The average Bonchev–Trinajstić information content (AvgIpc) is 3.50. The van der Waals surface area contributed by atoms with Crippen molar-refractivity contribution in [3.63, 3.8) is 0 Å². The largest absolute Gasteiger partial charge is 0.493 e. The number of amides is 1. The first-order valence-electron chi connectivity index (χ1n) is 14.9. The first-order valence-corrected chi connectivity index (χ1v) is 14.9. The smallest absolute Gasteiger partial charge is 0.352 e. The molecule has 3 aromatic carbocycles. The number of hydrogen-bond donors (Lipinski definition) is 0. The van der Waals surface area contributed by atoms with Crippen LogP contribution in [0, 0.1) is 10.1 Å². The van der Waals surface area contributed by atoms with E-state index >= 15 is 0 Å². The number of methoxy groups -OCH3 is 4. The van der Waals surface area contributed by atoms with Crippen molar-refractivity contribution in [3.05, 3.63) is 58.1 Å². The maximum absolute atomic E-state index is 13.2. The third kappa shape index (κ3) is 6.58. The molecule has 0 spiro atoms. The highest BCUT2D eigenvalue weighted by Gasteiger charge is 2.33. The number of carbonyl (C=O) groups is 1. The first kappa shape index (κ1) is 32.2. The second-order valence-corrected chi connectivity index (χ2v) is 10.6. The van der Waals surface area contributed by atoms with Crippen LogP contribution in [0.2, 0.25) is 0 Å². The van der Waals surface area contributed by atoms with E-state index in [1.165, 1.54) is 40.6 Å². The highest BCUT2D eigenvalue weighted by molar-refractivity contribution is 6.03. The predicted molar refractivity (Wildman–Crippen MR) is 169 cm³/mol. The third-order valence-corrected chi connectivity index (χ3v) is 7.92. The minimum Gasteiger partial charge on any atom is -0.493 e. The van der Waals surface area contributed by atoms with Crippen molar-refractivity contribution in [2.75, 3.05) is 41.6 Å². The van der Waals surface area contributed by atoms with Crippen LogP contribution in [0.4, 0.5) is 11.4 Å². The lowest BCUT2D eigenvalue weighted by atomic mass is 10.1. The number of hydrogen-bond acceptors (Lipinski definition) is 11.